The Morgan fingerprint density at radius 3 is 3.05 bits per heavy atom. The molecule has 0 aliphatic heterocycles. The van der Waals surface area contributed by atoms with Crippen molar-refractivity contribution < 1.29 is 4.74 Å². The van der Waals surface area contributed by atoms with E-state index in [2.05, 4.69) is 34.4 Å². The van der Waals surface area contributed by atoms with Crippen LogP contribution in [0.5, 0.6) is 5.75 Å². The minimum atomic E-state index is 0.741. The Kier molecular flexibility index (Phi) is 4.41. The van der Waals surface area contributed by atoms with E-state index in [-0.39, 0.29) is 0 Å². The minimum absolute atomic E-state index is 0.741. The first-order valence-corrected chi connectivity index (χ1v) is 8.08. The Labute approximate surface area is 129 Å². The Hall–Kier alpha value is -1.59. The second-order valence-electron chi connectivity index (χ2n) is 5.47. The van der Waals surface area contributed by atoms with Gasteiger partial charge in [0.25, 0.3) is 0 Å². The van der Waals surface area contributed by atoms with Crippen molar-refractivity contribution in [3.8, 4) is 5.75 Å². The molecule has 1 heterocycles. The van der Waals surface area contributed by atoms with Gasteiger partial charge in [-0.2, -0.15) is 0 Å². The highest BCUT2D eigenvalue weighted by Crippen LogP contribution is 2.25. The number of nitrogens with one attached hydrogen (secondary N) is 1. The summed E-state index contributed by atoms with van der Waals surface area (Å²) in [4.78, 5) is 8.01. The van der Waals surface area contributed by atoms with Crippen LogP contribution in [0.15, 0.2) is 30.5 Å². The molecule has 0 radical (unpaired) electrons. The molecule has 5 heteroatoms. The molecule has 0 atom stereocenters. The van der Waals surface area contributed by atoms with Crippen molar-refractivity contribution in [3.63, 3.8) is 0 Å². The van der Waals surface area contributed by atoms with E-state index in [0.29, 0.717) is 0 Å². The number of thiazole rings is 1. The zero-order chi connectivity index (χ0) is 14.7. The monoisotopic (exact) mass is 303 g/mol. The number of anilines is 1. The Morgan fingerprint density at radius 1 is 1.43 bits per heavy atom. The van der Waals surface area contributed by atoms with Gasteiger partial charge in [0, 0.05) is 37.3 Å². The van der Waals surface area contributed by atoms with E-state index in [1.165, 1.54) is 23.3 Å². The van der Waals surface area contributed by atoms with Crippen LogP contribution < -0.4 is 15.0 Å². The second kappa shape index (κ2) is 6.45. The normalized spacial score (nSPS) is 14.2. The molecule has 1 saturated carbocycles. The van der Waals surface area contributed by atoms with Gasteiger partial charge in [-0.3, -0.25) is 0 Å². The van der Waals surface area contributed by atoms with Gasteiger partial charge in [-0.05, 0) is 30.5 Å². The third kappa shape index (κ3) is 3.95. The number of ether oxygens (including phenoxy) is 1. The van der Waals surface area contributed by atoms with Crippen LogP contribution in [0.4, 0.5) is 5.13 Å². The minimum Gasteiger partial charge on any atom is -0.497 e. The first-order valence-electron chi connectivity index (χ1n) is 7.27. The van der Waals surface area contributed by atoms with Crippen molar-refractivity contribution >= 4 is 16.5 Å². The Bertz CT molecular complexity index is 595. The highest BCUT2D eigenvalue weighted by molar-refractivity contribution is 7.15. The van der Waals surface area contributed by atoms with Gasteiger partial charge < -0.3 is 15.0 Å². The lowest BCUT2D eigenvalue weighted by atomic mass is 10.2. The van der Waals surface area contributed by atoms with Crippen LogP contribution in [0.2, 0.25) is 0 Å². The number of hydrogen-bond donors (Lipinski definition) is 1. The van der Waals surface area contributed by atoms with E-state index < -0.39 is 0 Å². The van der Waals surface area contributed by atoms with Crippen LogP contribution >= 0.6 is 11.3 Å². The molecule has 112 valence electrons. The molecule has 1 aromatic carbocycles. The first kappa shape index (κ1) is 14.4. The predicted molar refractivity (Wildman–Crippen MR) is 87.1 cm³/mol. The van der Waals surface area contributed by atoms with Crippen molar-refractivity contribution in [3.05, 3.63) is 40.9 Å². The van der Waals surface area contributed by atoms with E-state index in [0.717, 1.165) is 30.0 Å². The van der Waals surface area contributed by atoms with E-state index in [1.807, 2.05) is 18.3 Å². The van der Waals surface area contributed by atoms with Gasteiger partial charge in [0.2, 0.25) is 0 Å². The molecule has 21 heavy (non-hydrogen) atoms. The van der Waals surface area contributed by atoms with Gasteiger partial charge in [0.1, 0.15) is 5.75 Å². The Balaban J connectivity index is 1.59. The van der Waals surface area contributed by atoms with Crippen LogP contribution in [-0.2, 0) is 13.1 Å². The van der Waals surface area contributed by atoms with E-state index in [4.69, 9.17) is 4.74 Å². The maximum absolute atomic E-state index is 5.27. The molecule has 1 fully saturated rings. The third-order valence-electron chi connectivity index (χ3n) is 3.56. The summed E-state index contributed by atoms with van der Waals surface area (Å²) in [5, 5.41) is 4.59. The van der Waals surface area contributed by atoms with Gasteiger partial charge in [-0.15, -0.1) is 11.3 Å². The number of nitrogens with zero attached hydrogens (tertiary/aromatic N) is 2. The predicted octanol–water partition coefficient (Wildman–Crippen LogP) is 3.04. The molecule has 4 nitrogen and oxygen atoms in total. The second-order valence-corrected chi connectivity index (χ2v) is 6.57. The van der Waals surface area contributed by atoms with Crippen molar-refractivity contribution in [2.75, 3.05) is 19.1 Å². The number of aromatic nitrogens is 1. The van der Waals surface area contributed by atoms with Crippen LogP contribution in [0.3, 0.4) is 0 Å². The van der Waals surface area contributed by atoms with Gasteiger partial charge in [0.15, 0.2) is 5.13 Å². The standard InChI is InChI=1S/C16H21N3OS/c1-19(11-12-4-3-5-14(8-12)20-2)16-18-10-15(21-16)9-17-13-6-7-13/h3-5,8,10,13,17H,6-7,9,11H2,1-2H3. The molecular formula is C16H21N3OS. The van der Waals surface area contributed by atoms with Gasteiger partial charge in [0.05, 0.1) is 7.11 Å². The van der Waals surface area contributed by atoms with Crippen molar-refractivity contribution in [1.29, 1.82) is 0 Å². The Morgan fingerprint density at radius 2 is 2.29 bits per heavy atom. The number of rotatable bonds is 7. The highest BCUT2D eigenvalue weighted by Gasteiger charge is 2.20. The molecule has 0 amide bonds. The van der Waals surface area contributed by atoms with Crippen molar-refractivity contribution in [2.24, 2.45) is 0 Å². The van der Waals surface area contributed by atoms with Gasteiger partial charge >= 0.3 is 0 Å². The molecule has 0 unspecified atom stereocenters. The summed E-state index contributed by atoms with van der Waals surface area (Å²) in [6, 6.07) is 8.91. The average molecular weight is 303 g/mol. The molecule has 0 saturated heterocycles. The fourth-order valence-corrected chi connectivity index (χ4v) is 3.02. The fraction of sp³-hybridized carbons (Fsp3) is 0.438. The lowest BCUT2D eigenvalue weighted by Crippen LogP contribution is -2.16. The molecule has 1 N–H and O–H groups in total. The van der Waals surface area contributed by atoms with Crippen LogP contribution in [0.25, 0.3) is 0 Å². The summed E-state index contributed by atoms with van der Waals surface area (Å²) in [5.41, 5.74) is 1.23. The molecule has 0 bridgehead atoms. The summed E-state index contributed by atoms with van der Waals surface area (Å²) in [7, 11) is 3.78. The fourth-order valence-electron chi connectivity index (χ4n) is 2.20. The van der Waals surface area contributed by atoms with Crippen molar-refractivity contribution in [2.45, 2.75) is 32.0 Å². The highest BCUT2D eigenvalue weighted by atomic mass is 32.1. The lowest BCUT2D eigenvalue weighted by molar-refractivity contribution is 0.414. The summed E-state index contributed by atoms with van der Waals surface area (Å²) in [6.45, 7) is 1.77. The number of hydrogen-bond acceptors (Lipinski definition) is 5. The zero-order valence-electron chi connectivity index (χ0n) is 12.5. The smallest absolute Gasteiger partial charge is 0.185 e. The summed E-state index contributed by atoms with van der Waals surface area (Å²) in [5.74, 6) is 0.898. The molecule has 0 spiro atoms. The molecular weight excluding hydrogens is 282 g/mol. The molecule has 1 aromatic heterocycles. The van der Waals surface area contributed by atoms with E-state index >= 15 is 0 Å². The zero-order valence-corrected chi connectivity index (χ0v) is 13.3. The average Bonchev–Trinajstić information content (AvgIpc) is 3.21. The third-order valence-corrected chi connectivity index (χ3v) is 4.68. The maximum Gasteiger partial charge on any atom is 0.185 e. The molecule has 1 aliphatic carbocycles. The van der Waals surface area contributed by atoms with Crippen molar-refractivity contribution in [1.82, 2.24) is 10.3 Å². The van der Waals surface area contributed by atoms with Crippen LogP contribution in [-0.4, -0.2) is 25.2 Å². The molecule has 3 rings (SSSR count). The summed E-state index contributed by atoms with van der Waals surface area (Å²) < 4.78 is 5.27. The summed E-state index contributed by atoms with van der Waals surface area (Å²) in [6.07, 6.45) is 4.63. The van der Waals surface area contributed by atoms with Gasteiger partial charge in [-0.1, -0.05) is 12.1 Å². The lowest BCUT2D eigenvalue weighted by Gasteiger charge is -2.16. The van der Waals surface area contributed by atoms with Gasteiger partial charge in [-0.25, -0.2) is 4.98 Å². The van der Waals surface area contributed by atoms with E-state index in [1.54, 1.807) is 18.4 Å². The largest absolute Gasteiger partial charge is 0.497 e. The number of methoxy groups -OCH3 is 1. The molecule has 1 aliphatic rings. The van der Waals surface area contributed by atoms with Crippen LogP contribution in [0, 0.1) is 0 Å². The first-order chi connectivity index (χ1) is 10.2. The quantitative estimate of drug-likeness (QED) is 0.853. The SMILES string of the molecule is COc1cccc(CN(C)c2ncc(CNC3CC3)s2)c1. The topological polar surface area (TPSA) is 37.4 Å². The van der Waals surface area contributed by atoms with E-state index in [9.17, 15) is 0 Å². The number of benzene rings is 1. The summed E-state index contributed by atoms with van der Waals surface area (Å²) >= 11 is 1.76. The van der Waals surface area contributed by atoms with Crippen LogP contribution in [0.1, 0.15) is 23.3 Å². The maximum atomic E-state index is 5.27. The molecule has 2 aromatic rings.